The van der Waals surface area contributed by atoms with Crippen LogP contribution in [0.2, 0.25) is 0 Å². The predicted molar refractivity (Wildman–Crippen MR) is 106 cm³/mol. The molecule has 2 aromatic rings. The number of carbonyl (C=O) groups is 1. The SMILES string of the molecule is Cn1c(C(=O)N2C[C@@H](c3ccccc3)O[C@@H](C(C)(C)C)C2)cc(=O)n(C)c1=O. The van der Waals surface area contributed by atoms with Crippen LogP contribution in [0.4, 0.5) is 0 Å². The van der Waals surface area contributed by atoms with Gasteiger partial charge in [0.2, 0.25) is 0 Å². The van der Waals surface area contributed by atoms with Crippen molar-refractivity contribution in [1.29, 1.82) is 0 Å². The molecule has 1 aromatic heterocycles. The van der Waals surface area contributed by atoms with Gasteiger partial charge in [-0.15, -0.1) is 0 Å². The fraction of sp³-hybridized carbons (Fsp3) is 0.476. The highest BCUT2D eigenvalue weighted by atomic mass is 16.5. The topological polar surface area (TPSA) is 73.5 Å². The second-order valence-electron chi connectivity index (χ2n) is 8.37. The van der Waals surface area contributed by atoms with Crippen molar-refractivity contribution in [3.8, 4) is 0 Å². The normalized spacial score (nSPS) is 20.2. The Morgan fingerprint density at radius 3 is 2.29 bits per heavy atom. The molecule has 1 aromatic carbocycles. The maximum atomic E-state index is 13.2. The average molecular weight is 385 g/mol. The third-order valence-electron chi connectivity index (χ3n) is 5.27. The molecule has 7 nitrogen and oxygen atoms in total. The van der Waals surface area contributed by atoms with E-state index in [0.29, 0.717) is 13.1 Å². The molecule has 0 bridgehead atoms. The Balaban J connectivity index is 1.99. The van der Waals surface area contributed by atoms with E-state index in [4.69, 9.17) is 4.74 Å². The van der Waals surface area contributed by atoms with E-state index in [9.17, 15) is 14.4 Å². The Hall–Kier alpha value is -2.67. The van der Waals surface area contributed by atoms with Crippen LogP contribution in [0.3, 0.4) is 0 Å². The zero-order valence-electron chi connectivity index (χ0n) is 17.0. The van der Waals surface area contributed by atoms with Crippen molar-refractivity contribution < 1.29 is 9.53 Å². The molecule has 0 aliphatic carbocycles. The van der Waals surface area contributed by atoms with E-state index in [1.165, 1.54) is 24.7 Å². The third-order valence-corrected chi connectivity index (χ3v) is 5.27. The van der Waals surface area contributed by atoms with Crippen LogP contribution in [0.5, 0.6) is 0 Å². The fourth-order valence-corrected chi connectivity index (χ4v) is 3.35. The lowest BCUT2D eigenvalue weighted by Gasteiger charge is -2.43. The molecule has 1 aliphatic heterocycles. The van der Waals surface area contributed by atoms with Crippen LogP contribution in [-0.4, -0.2) is 39.1 Å². The van der Waals surface area contributed by atoms with Gasteiger partial charge in [-0.2, -0.15) is 0 Å². The molecule has 2 heterocycles. The van der Waals surface area contributed by atoms with Crippen molar-refractivity contribution in [1.82, 2.24) is 14.0 Å². The number of benzene rings is 1. The number of morpholine rings is 1. The summed E-state index contributed by atoms with van der Waals surface area (Å²) >= 11 is 0. The molecule has 150 valence electrons. The Bertz CT molecular complexity index is 985. The highest BCUT2D eigenvalue weighted by molar-refractivity contribution is 5.92. The number of hydrogen-bond acceptors (Lipinski definition) is 4. The van der Waals surface area contributed by atoms with Crippen LogP contribution in [-0.2, 0) is 18.8 Å². The largest absolute Gasteiger partial charge is 0.366 e. The van der Waals surface area contributed by atoms with E-state index >= 15 is 0 Å². The Labute approximate surface area is 164 Å². The Morgan fingerprint density at radius 1 is 1.04 bits per heavy atom. The molecule has 0 saturated carbocycles. The van der Waals surface area contributed by atoms with Crippen molar-refractivity contribution >= 4 is 5.91 Å². The number of amides is 1. The van der Waals surface area contributed by atoms with Crippen molar-refractivity contribution in [2.75, 3.05) is 13.1 Å². The molecule has 0 radical (unpaired) electrons. The summed E-state index contributed by atoms with van der Waals surface area (Å²) in [7, 11) is 2.90. The highest BCUT2D eigenvalue weighted by Crippen LogP contribution is 2.33. The second kappa shape index (κ2) is 7.39. The number of nitrogens with zero attached hydrogens (tertiary/aromatic N) is 3. The van der Waals surface area contributed by atoms with Gasteiger partial charge >= 0.3 is 5.69 Å². The van der Waals surface area contributed by atoms with Crippen molar-refractivity contribution in [3.63, 3.8) is 0 Å². The Kier molecular flexibility index (Phi) is 5.30. The number of ether oxygens (including phenoxy) is 1. The first-order valence-corrected chi connectivity index (χ1v) is 9.36. The van der Waals surface area contributed by atoms with Crippen molar-refractivity contribution in [2.24, 2.45) is 19.5 Å². The molecular weight excluding hydrogens is 358 g/mol. The lowest BCUT2D eigenvalue weighted by molar-refractivity contribution is -0.119. The molecule has 1 saturated heterocycles. The monoisotopic (exact) mass is 385 g/mol. The van der Waals surface area contributed by atoms with Crippen LogP contribution < -0.4 is 11.2 Å². The van der Waals surface area contributed by atoms with Crippen molar-refractivity contribution in [2.45, 2.75) is 33.0 Å². The van der Waals surface area contributed by atoms with E-state index in [0.717, 1.165) is 10.1 Å². The van der Waals surface area contributed by atoms with Gasteiger partial charge in [0.15, 0.2) is 0 Å². The molecule has 1 fully saturated rings. The van der Waals surface area contributed by atoms with Gasteiger partial charge in [0, 0.05) is 26.7 Å². The lowest BCUT2D eigenvalue weighted by atomic mass is 9.87. The number of rotatable bonds is 2. The molecular formula is C21H27N3O4. The smallest absolute Gasteiger partial charge is 0.331 e. The van der Waals surface area contributed by atoms with Gasteiger partial charge < -0.3 is 9.64 Å². The van der Waals surface area contributed by atoms with E-state index in [-0.39, 0.29) is 29.2 Å². The first-order chi connectivity index (χ1) is 13.1. The maximum Gasteiger partial charge on any atom is 0.331 e. The van der Waals surface area contributed by atoms with Gasteiger partial charge in [-0.25, -0.2) is 4.79 Å². The number of aromatic nitrogens is 2. The summed E-state index contributed by atoms with van der Waals surface area (Å²) in [5.74, 6) is -0.337. The molecule has 28 heavy (non-hydrogen) atoms. The fourth-order valence-electron chi connectivity index (χ4n) is 3.35. The first kappa shape index (κ1) is 20.1. The third kappa shape index (κ3) is 3.80. The van der Waals surface area contributed by atoms with Crippen LogP contribution in [0.1, 0.15) is 42.9 Å². The molecule has 1 amide bonds. The minimum Gasteiger partial charge on any atom is -0.366 e. The summed E-state index contributed by atoms with van der Waals surface area (Å²) in [4.78, 5) is 39.2. The van der Waals surface area contributed by atoms with Gasteiger partial charge in [0.25, 0.3) is 11.5 Å². The summed E-state index contributed by atoms with van der Waals surface area (Å²) in [6, 6.07) is 11.0. The number of carbonyl (C=O) groups excluding carboxylic acids is 1. The van der Waals surface area contributed by atoms with Crippen LogP contribution in [0.15, 0.2) is 46.0 Å². The Morgan fingerprint density at radius 2 is 1.68 bits per heavy atom. The second-order valence-corrected chi connectivity index (χ2v) is 8.37. The van der Waals surface area contributed by atoms with Gasteiger partial charge in [-0.1, -0.05) is 51.1 Å². The molecule has 3 rings (SSSR count). The molecule has 2 atom stereocenters. The van der Waals surface area contributed by atoms with Crippen LogP contribution in [0, 0.1) is 5.41 Å². The van der Waals surface area contributed by atoms with E-state index in [1.807, 2.05) is 30.3 Å². The molecule has 0 unspecified atom stereocenters. The van der Waals surface area contributed by atoms with Gasteiger partial charge in [0.1, 0.15) is 11.8 Å². The van der Waals surface area contributed by atoms with Gasteiger partial charge in [-0.3, -0.25) is 18.7 Å². The predicted octanol–water partition coefficient (Wildman–Crippen LogP) is 1.71. The minimum absolute atomic E-state index is 0.0921. The maximum absolute atomic E-state index is 13.2. The quantitative estimate of drug-likeness (QED) is 0.789. The summed E-state index contributed by atoms with van der Waals surface area (Å²) in [5.41, 5.74) is -0.102. The molecule has 1 aliphatic rings. The van der Waals surface area contributed by atoms with Gasteiger partial charge in [0.05, 0.1) is 12.6 Å². The van der Waals surface area contributed by atoms with Gasteiger partial charge in [-0.05, 0) is 11.0 Å². The summed E-state index contributed by atoms with van der Waals surface area (Å²) in [6.07, 6.45) is -0.453. The first-order valence-electron chi connectivity index (χ1n) is 9.36. The zero-order valence-corrected chi connectivity index (χ0v) is 17.0. The van der Waals surface area contributed by atoms with Crippen molar-refractivity contribution in [3.05, 3.63) is 68.5 Å². The molecule has 0 spiro atoms. The van der Waals surface area contributed by atoms with E-state index in [2.05, 4.69) is 20.8 Å². The van der Waals surface area contributed by atoms with Crippen LogP contribution in [0.25, 0.3) is 0 Å². The van der Waals surface area contributed by atoms with Crippen LogP contribution >= 0.6 is 0 Å². The summed E-state index contributed by atoms with van der Waals surface area (Å²) in [6.45, 7) is 6.97. The minimum atomic E-state index is -0.518. The molecule has 7 heteroatoms. The summed E-state index contributed by atoms with van der Waals surface area (Å²) in [5, 5.41) is 0. The number of hydrogen-bond donors (Lipinski definition) is 0. The highest BCUT2D eigenvalue weighted by Gasteiger charge is 2.38. The summed E-state index contributed by atoms with van der Waals surface area (Å²) < 4.78 is 8.53. The zero-order chi connectivity index (χ0) is 20.6. The average Bonchev–Trinajstić information content (AvgIpc) is 2.68. The van der Waals surface area contributed by atoms with E-state index in [1.54, 1.807) is 4.90 Å². The van der Waals surface area contributed by atoms with E-state index < -0.39 is 11.2 Å². The molecule has 0 N–H and O–H groups in total. The lowest BCUT2D eigenvalue weighted by Crippen LogP contribution is -2.52. The standard InChI is InChI=1S/C21H27N3O4/c1-21(2,3)17-13-24(12-16(28-17)14-9-7-6-8-10-14)19(26)15-11-18(25)23(5)20(27)22(15)4/h6-11,16-17H,12-13H2,1-5H3/t16-,17+/m0/s1.